The van der Waals surface area contributed by atoms with Gasteiger partial charge in [0.05, 0.1) is 33.6 Å². The first kappa shape index (κ1) is 28.9. The zero-order valence-electron chi connectivity index (χ0n) is 21.7. The molecule has 0 spiro atoms. The highest BCUT2D eigenvalue weighted by Crippen LogP contribution is 2.38. The number of carbonyl (C=O) groups is 2. The van der Waals surface area contributed by atoms with Crippen molar-refractivity contribution >= 4 is 45.2 Å². The summed E-state index contributed by atoms with van der Waals surface area (Å²) in [5.74, 6) is 0.483. The number of nitrogens with one attached hydrogen (secondary N) is 2. The van der Waals surface area contributed by atoms with E-state index in [1.165, 1.54) is 57.4 Å². The summed E-state index contributed by atoms with van der Waals surface area (Å²) < 4.78 is 31.8. The Morgan fingerprint density at radius 1 is 0.950 bits per heavy atom. The Balaban J connectivity index is 1.52. The van der Waals surface area contributed by atoms with Crippen molar-refractivity contribution in [2.24, 2.45) is 0 Å². The Bertz CT molecular complexity index is 1470. The van der Waals surface area contributed by atoms with Crippen LogP contribution in [0.3, 0.4) is 0 Å². The molecular weight excluding hydrogens is 605 g/mol. The molecule has 3 aromatic carbocycles. The third-order valence-corrected chi connectivity index (χ3v) is 7.04. The van der Waals surface area contributed by atoms with Crippen molar-refractivity contribution in [2.75, 3.05) is 32.4 Å². The SMILES string of the molecule is COc1cc(C(=O)NCc2nnc(SCC(=O)Nc3ccc(F)cc3)n2-c2ccc(Br)cc2)cc(OC)c1OC. The van der Waals surface area contributed by atoms with Gasteiger partial charge in [0.1, 0.15) is 5.82 Å². The number of halogens is 2. The predicted octanol–water partition coefficient (Wildman–Crippen LogP) is 4.86. The number of thioether (sulfide) groups is 1. The lowest BCUT2D eigenvalue weighted by molar-refractivity contribution is -0.113. The standard InChI is InChI=1S/C27H25BrFN5O5S/c1-37-21-12-16(13-22(38-2)25(21)39-3)26(36)30-14-23-32-33-27(34(23)20-10-4-17(28)5-11-20)40-15-24(35)31-19-8-6-18(29)7-9-19/h4-13H,14-15H2,1-3H3,(H,30,36)(H,31,35). The van der Waals surface area contributed by atoms with Gasteiger partial charge in [0.25, 0.3) is 5.91 Å². The monoisotopic (exact) mass is 629 g/mol. The van der Waals surface area contributed by atoms with Crippen molar-refractivity contribution in [1.29, 1.82) is 0 Å². The van der Waals surface area contributed by atoms with Gasteiger partial charge in [-0.2, -0.15) is 0 Å². The molecule has 40 heavy (non-hydrogen) atoms. The first-order valence-electron chi connectivity index (χ1n) is 11.8. The summed E-state index contributed by atoms with van der Waals surface area (Å²) in [4.78, 5) is 25.6. The molecule has 0 saturated carbocycles. The summed E-state index contributed by atoms with van der Waals surface area (Å²) in [6, 6.07) is 16.1. The minimum Gasteiger partial charge on any atom is -0.493 e. The van der Waals surface area contributed by atoms with Gasteiger partial charge in [-0.1, -0.05) is 27.7 Å². The van der Waals surface area contributed by atoms with Gasteiger partial charge in [-0.15, -0.1) is 10.2 Å². The van der Waals surface area contributed by atoms with Gasteiger partial charge < -0.3 is 24.8 Å². The fourth-order valence-corrected chi connectivity index (χ4v) is 4.73. The molecule has 10 nitrogen and oxygen atoms in total. The summed E-state index contributed by atoms with van der Waals surface area (Å²) in [5.41, 5.74) is 1.53. The van der Waals surface area contributed by atoms with Gasteiger partial charge in [-0.25, -0.2) is 4.39 Å². The lowest BCUT2D eigenvalue weighted by Gasteiger charge is -2.14. The number of nitrogens with zero attached hydrogens (tertiary/aromatic N) is 3. The smallest absolute Gasteiger partial charge is 0.251 e. The lowest BCUT2D eigenvalue weighted by atomic mass is 10.1. The fraction of sp³-hybridized carbons (Fsp3) is 0.185. The summed E-state index contributed by atoms with van der Waals surface area (Å²) in [5, 5.41) is 14.6. The molecule has 0 radical (unpaired) electrons. The van der Waals surface area contributed by atoms with Crippen LogP contribution in [-0.2, 0) is 11.3 Å². The molecule has 4 aromatic rings. The number of rotatable bonds is 11. The lowest BCUT2D eigenvalue weighted by Crippen LogP contribution is -2.25. The Morgan fingerprint density at radius 3 is 2.20 bits per heavy atom. The third kappa shape index (κ3) is 6.90. The molecule has 0 unspecified atom stereocenters. The van der Waals surface area contributed by atoms with Crippen molar-refractivity contribution in [3.8, 4) is 22.9 Å². The predicted molar refractivity (Wildman–Crippen MR) is 152 cm³/mol. The van der Waals surface area contributed by atoms with Gasteiger partial charge in [0.2, 0.25) is 11.7 Å². The highest BCUT2D eigenvalue weighted by molar-refractivity contribution is 9.10. The van der Waals surface area contributed by atoms with Crippen molar-refractivity contribution in [3.63, 3.8) is 0 Å². The normalized spacial score (nSPS) is 10.6. The summed E-state index contributed by atoms with van der Waals surface area (Å²) in [6.45, 7) is 0.0426. The molecule has 0 aliphatic rings. The number of aromatic nitrogens is 3. The van der Waals surface area contributed by atoms with Crippen LogP contribution in [0.1, 0.15) is 16.2 Å². The number of anilines is 1. The van der Waals surface area contributed by atoms with Crippen LogP contribution in [0.2, 0.25) is 0 Å². The Morgan fingerprint density at radius 2 is 1.60 bits per heavy atom. The molecular formula is C27H25BrFN5O5S. The van der Waals surface area contributed by atoms with Crippen LogP contribution in [-0.4, -0.2) is 53.7 Å². The molecule has 2 amide bonds. The van der Waals surface area contributed by atoms with E-state index in [0.29, 0.717) is 39.5 Å². The highest BCUT2D eigenvalue weighted by atomic mass is 79.9. The third-order valence-electron chi connectivity index (χ3n) is 5.58. The Kier molecular flexibility index (Phi) is 9.61. The number of benzene rings is 3. The summed E-state index contributed by atoms with van der Waals surface area (Å²) in [7, 11) is 4.43. The quantitative estimate of drug-likeness (QED) is 0.226. The van der Waals surface area contributed by atoms with Crippen molar-refractivity contribution in [3.05, 3.63) is 82.3 Å². The summed E-state index contributed by atoms with van der Waals surface area (Å²) in [6.07, 6.45) is 0. The number of ether oxygens (including phenoxy) is 3. The second-order valence-corrected chi connectivity index (χ2v) is 10.0. The van der Waals surface area contributed by atoms with Crippen LogP contribution in [0.5, 0.6) is 17.2 Å². The van der Waals surface area contributed by atoms with Gasteiger partial charge in [0, 0.05) is 21.4 Å². The number of hydrogen-bond donors (Lipinski definition) is 2. The second kappa shape index (κ2) is 13.3. The van der Waals surface area contributed by atoms with E-state index in [2.05, 4.69) is 36.8 Å². The second-order valence-electron chi connectivity index (χ2n) is 8.15. The minimum atomic E-state index is -0.391. The van der Waals surface area contributed by atoms with E-state index in [0.717, 1.165) is 10.2 Å². The molecule has 0 fully saturated rings. The average Bonchev–Trinajstić information content (AvgIpc) is 3.38. The molecule has 0 aliphatic carbocycles. The fourth-order valence-electron chi connectivity index (χ4n) is 3.69. The van der Waals surface area contributed by atoms with Gasteiger partial charge in [-0.3, -0.25) is 14.2 Å². The van der Waals surface area contributed by atoms with Crippen molar-refractivity contribution in [1.82, 2.24) is 20.1 Å². The van der Waals surface area contributed by atoms with Crippen LogP contribution in [0.4, 0.5) is 10.1 Å². The number of hydrogen-bond acceptors (Lipinski definition) is 8. The van der Waals surface area contributed by atoms with E-state index in [9.17, 15) is 14.0 Å². The summed E-state index contributed by atoms with van der Waals surface area (Å²) >= 11 is 4.61. The minimum absolute atomic E-state index is 0.0316. The molecule has 0 atom stereocenters. The van der Waals surface area contributed by atoms with Gasteiger partial charge in [0.15, 0.2) is 22.5 Å². The zero-order valence-corrected chi connectivity index (χ0v) is 24.1. The first-order chi connectivity index (χ1) is 19.3. The Hall–Kier alpha value is -4.10. The van der Waals surface area contributed by atoms with Crippen LogP contribution in [0.25, 0.3) is 5.69 Å². The average molecular weight is 630 g/mol. The number of methoxy groups -OCH3 is 3. The van der Waals surface area contributed by atoms with E-state index in [4.69, 9.17) is 14.2 Å². The van der Waals surface area contributed by atoms with E-state index in [-0.39, 0.29) is 24.0 Å². The molecule has 2 N–H and O–H groups in total. The van der Waals surface area contributed by atoms with Crippen LogP contribution < -0.4 is 24.8 Å². The maximum absolute atomic E-state index is 13.2. The van der Waals surface area contributed by atoms with E-state index < -0.39 is 5.91 Å². The maximum atomic E-state index is 13.2. The molecule has 1 heterocycles. The van der Waals surface area contributed by atoms with Gasteiger partial charge in [-0.05, 0) is 60.7 Å². The van der Waals surface area contributed by atoms with E-state index in [1.807, 2.05) is 24.3 Å². The highest BCUT2D eigenvalue weighted by Gasteiger charge is 2.20. The van der Waals surface area contributed by atoms with Crippen LogP contribution in [0, 0.1) is 5.82 Å². The molecule has 208 valence electrons. The molecule has 0 saturated heterocycles. The maximum Gasteiger partial charge on any atom is 0.251 e. The Labute approximate surface area is 242 Å². The van der Waals surface area contributed by atoms with Crippen molar-refractivity contribution < 1.29 is 28.2 Å². The molecule has 1 aromatic heterocycles. The molecule has 13 heteroatoms. The molecule has 0 aliphatic heterocycles. The van der Waals surface area contributed by atoms with Crippen LogP contribution in [0.15, 0.2) is 70.3 Å². The topological polar surface area (TPSA) is 117 Å². The van der Waals surface area contributed by atoms with E-state index in [1.54, 1.807) is 16.7 Å². The molecule has 0 bridgehead atoms. The number of carbonyl (C=O) groups excluding carboxylic acids is 2. The largest absolute Gasteiger partial charge is 0.493 e. The number of amides is 2. The van der Waals surface area contributed by atoms with E-state index >= 15 is 0 Å². The van der Waals surface area contributed by atoms with Crippen LogP contribution >= 0.6 is 27.7 Å². The van der Waals surface area contributed by atoms with Crippen molar-refractivity contribution in [2.45, 2.75) is 11.7 Å². The van der Waals surface area contributed by atoms with Gasteiger partial charge >= 0.3 is 0 Å². The molecule has 4 rings (SSSR count). The zero-order chi connectivity index (χ0) is 28.6. The first-order valence-corrected chi connectivity index (χ1v) is 13.6.